The fraction of sp³-hybridized carbons (Fsp3) is 0.100. The maximum Gasteiger partial charge on any atom is 0.270 e. The molecule has 0 aliphatic rings. The highest BCUT2D eigenvalue weighted by atomic mass is 16.6. The highest BCUT2D eigenvalue weighted by Crippen LogP contribution is 2.17. The van der Waals surface area contributed by atoms with E-state index in [0.717, 1.165) is 0 Å². The number of hydrogen-bond acceptors (Lipinski definition) is 3. The van der Waals surface area contributed by atoms with Gasteiger partial charge in [0, 0.05) is 31.4 Å². The molecule has 0 amide bonds. The molecule has 0 unspecified atom stereocenters. The molecule has 2 rings (SSSR count). The molecule has 0 N–H and O–H groups in total. The molecular formula is C10H8N2O3. The van der Waals surface area contributed by atoms with Gasteiger partial charge >= 0.3 is 0 Å². The first-order valence-corrected chi connectivity index (χ1v) is 4.33. The number of fused-ring (bicyclic) bond motifs is 1. The summed E-state index contributed by atoms with van der Waals surface area (Å²) in [6, 6.07) is 5.67. The molecule has 0 aliphatic carbocycles. The Morgan fingerprint density at radius 3 is 2.73 bits per heavy atom. The second-order valence-corrected chi connectivity index (χ2v) is 3.25. The van der Waals surface area contributed by atoms with Gasteiger partial charge < -0.3 is 4.57 Å². The zero-order valence-electron chi connectivity index (χ0n) is 8.01. The van der Waals surface area contributed by atoms with Crippen LogP contribution in [0, 0.1) is 10.1 Å². The van der Waals surface area contributed by atoms with E-state index in [4.69, 9.17) is 0 Å². The maximum atomic E-state index is 11.5. The molecule has 0 saturated heterocycles. The fourth-order valence-electron chi connectivity index (χ4n) is 1.49. The number of rotatable bonds is 1. The van der Waals surface area contributed by atoms with Crippen LogP contribution in [-0.4, -0.2) is 9.49 Å². The molecule has 1 heterocycles. The van der Waals surface area contributed by atoms with Gasteiger partial charge in [0.1, 0.15) is 0 Å². The zero-order valence-corrected chi connectivity index (χ0v) is 8.01. The van der Waals surface area contributed by atoms with Gasteiger partial charge in [-0.25, -0.2) is 0 Å². The van der Waals surface area contributed by atoms with Gasteiger partial charge in [-0.05, 0) is 6.07 Å². The van der Waals surface area contributed by atoms with Crippen molar-refractivity contribution in [1.82, 2.24) is 4.57 Å². The summed E-state index contributed by atoms with van der Waals surface area (Å²) in [4.78, 5) is 21.5. The van der Waals surface area contributed by atoms with Gasteiger partial charge in [-0.1, -0.05) is 0 Å². The SMILES string of the molecule is Cn1ccc(=O)c2cc([N+](=O)[O-])ccc21. The first-order chi connectivity index (χ1) is 7.09. The number of nitrogens with zero attached hydrogens (tertiary/aromatic N) is 2. The fourth-order valence-corrected chi connectivity index (χ4v) is 1.49. The van der Waals surface area contributed by atoms with Crippen molar-refractivity contribution in [3.8, 4) is 0 Å². The van der Waals surface area contributed by atoms with E-state index in [1.54, 1.807) is 23.9 Å². The molecule has 0 radical (unpaired) electrons. The molecule has 0 aliphatic heterocycles. The Kier molecular flexibility index (Phi) is 2.00. The normalized spacial score (nSPS) is 10.5. The minimum Gasteiger partial charge on any atom is -0.350 e. The Balaban J connectivity index is 2.87. The average Bonchev–Trinajstić information content (AvgIpc) is 2.23. The van der Waals surface area contributed by atoms with Crippen LogP contribution in [0.4, 0.5) is 5.69 Å². The van der Waals surface area contributed by atoms with Crippen molar-refractivity contribution in [1.29, 1.82) is 0 Å². The topological polar surface area (TPSA) is 65.1 Å². The number of aryl methyl sites for hydroxylation is 1. The van der Waals surface area contributed by atoms with E-state index in [-0.39, 0.29) is 11.1 Å². The van der Waals surface area contributed by atoms with E-state index in [1.165, 1.54) is 18.2 Å². The molecule has 5 nitrogen and oxygen atoms in total. The third-order valence-corrected chi connectivity index (χ3v) is 2.29. The highest BCUT2D eigenvalue weighted by Gasteiger charge is 2.08. The number of hydrogen-bond donors (Lipinski definition) is 0. The molecule has 2 aromatic rings. The molecule has 0 saturated carbocycles. The Labute approximate surface area is 84.7 Å². The smallest absolute Gasteiger partial charge is 0.270 e. The number of nitro groups is 1. The van der Waals surface area contributed by atoms with Crippen molar-refractivity contribution in [2.24, 2.45) is 7.05 Å². The van der Waals surface area contributed by atoms with E-state index in [0.29, 0.717) is 10.9 Å². The second kappa shape index (κ2) is 3.20. The van der Waals surface area contributed by atoms with Gasteiger partial charge in [-0.15, -0.1) is 0 Å². The van der Waals surface area contributed by atoms with Gasteiger partial charge in [0.2, 0.25) is 0 Å². The van der Waals surface area contributed by atoms with Crippen LogP contribution in [0.1, 0.15) is 0 Å². The third kappa shape index (κ3) is 1.48. The monoisotopic (exact) mass is 204 g/mol. The Hall–Kier alpha value is -2.17. The summed E-state index contributed by atoms with van der Waals surface area (Å²) < 4.78 is 1.75. The zero-order chi connectivity index (χ0) is 11.0. The molecule has 1 aromatic carbocycles. The quantitative estimate of drug-likeness (QED) is 0.521. The lowest BCUT2D eigenvalue weighted by Crippen LogP contribution is -2.05. The number of non-ortho nitro benzene ring substituents is 1. The van der Waals surface area contributed by atoms with E-state index in [1.807, 2.05) is 0 Å². The molecule has 0 fully saturated rings. The van der Waals surface area contributed by atoms with Crippen LogP contribution in [0.2, 0.25) is 0 Å². The molecule has 0 atom stereocenters. The molecule has 15 heavy (non-hydrogen) atoms. The van der Waals surface area contributed by atoms with Crippen LogP contribution in [0.5, 0.6) is 0 Å². The first kappa shape index (κ1) is 9.39. The van der Waals surface area contributed by atoms with Gasteiger partial charge in [0.15, 0.2) is 5.43 Å². The number of aromatic nitrogens is 1. The standard InChI is InChI=1S/C10H8N2O3/c1-11-5-4-10(13)8-6-7(12(14)15)2-3-9(8)11/h2-6H,1H3. The van der Waals surface area contributed by atoms with Crippen molar-refractivity contribution in [3.05, 3.63) is 50.8 Å². The lowest BCUT2D eigenvalue weighted by Gasteiger charge is -2.03. The summed E-state index contributed by atoms with van der Waals surface area (Å²) in [5, 5.41) is 10.9. The molecule has 0 spiro atoms. The van der Waals surface area contributed by atoms with Crippen LogP contribution in [0.15, 0.2) is 35.3 Å². The molecular weight excluding hydrogens is 196 g/mol. The molecule has 5 heteroatoms. The lowest BCUT2D eigenvalue weighted by atomic mass is 10.2. The number of nitro benzene ring substituents is 1. The predicted molar refractivity (Wildman–Crippen MR) is 55.8 cm³/mol. The minimum atomic E-state index is -0.508. The summed E-state index contributed by atoms with van der Waals surface area (Å²) >= 11 is 0. The first-order valence-electron chi connectivity index (χ1n) is 4.33. The summed E-state index contributed by atoms with van der Waals surface area (Å²) in [6.45, 7) is 0. The van der Waals surface area contributed by atoms with Crippen LogP contribution in [0.25, 0.3) is 10.9 Å². The van der Waals surface area contributed by atoms with Crippen LogP contribution in [0.3, 0.4) is 0 Å². The van der Waals surface area contributed by atoms with Crippen molar-refractivity contribution in [2.75, 3.05) is 0 Å². The van der Waals surface area contributed by atoms with Gasteiger partial charge in [-0.2, -0.15) is 0 Å². The van der Waals surface area contributed by atoms with Crippen molar-refractivity contribution < 1.29 is 4.92 Å². The van der Waals surface area contributed by atoms with Gasteiger partial charge in [0.05, 0.1) is 15.8 Å². The molecule has 1 aromatic heterocycles. The third-order valence-electron chi connectivity index (χ3n) is 2.29. The van der Waals surface area contributed by atoms with E-state index in [2.05, 4.69) is 0 Å². The predicted octanol–water partition coefficient (Wildman–Crippen LogP) is 1.45. The molecule has 76 valence electrons. The Morgan fingerprint density at radius 1 is 1.33 bits per heavy atom. The Bertz CT molecular complexity index is 601. The summed E-state index contributed by atoms with van der Waals surface area (Å²) in [5.74, 6) is 0. The Morgan fingerprint density at radius 2 is 2.07 bits per heavy atom. The van der Waals surface area contributed by atoms with Crippen LogP contribution >= 0.6 is 0 Å². The van der Waals surface area contributed by atoms with Crippen LogP contribution in [-0.2, 0) is 7.05 Å². The van der Waals surface area contributed by atoms with E-state index < -0.39 is 4.92 Å². The average molecular weight is 204 g/mol. The van der Waals surface area contributed by atoms with Crippen molar-refractivity contribution in [2.45, 2.75) is 0 Å². The van der Waals surface area contributed by atoms with E-state index >= 15 is 0 Å². The molecule has 0 bridgehead atoms. The van der Waals surface area contributed by atoms with Gasteiger partial charge in [-0.3, -0.25) is 14.9 Å². The summed E-state index contributed by atoms with van der Waals surface area (Å²) in [6.07, 6.45) is 1.64. The highest BCUT2D eigenvalue weighted by molar-refractivity contribution is 5.81. The largest absolute Gasteiger partial charge is 0.350 e. The van der Waals surface area contributed by atoms with Gasteiger partial charge in [0.25, 0.3) is 5.69 Å². The summed E-state index contributed by atoms with van der Waals surface area (Å²) in [7, 11) is 1.79. The number of pyridine rings is 1. The maximum absolute atomic E-state index is 11.5. The van der Waals surface area contributed by atoms with Crippen molar-refractivity contribution in [3.63, 3.8) is 0 Å². The number of benzene rings is 1. The summed E-state index contributed by atoms with van der Waals surface area (Å²) in [5.41, 5.74) is 0.422. The lowest BCUT2D eigenvalue weighted by molar-refractivity contribution is -0.384. The second-order valence-electron chi connectivity index (χ2n) is 3.25. The minimum absolute atomic E-state index is 0.0641. The van der Waals surface area contributed by atoms with E-state index in [9.17, 15) is 14.9 Å². The van der Waals surface area contributed by atoms with Crippen LogP contribution < -0.4 is 5.43 Å². The van der Waals surface area contributed by atoms with Crippen molar-refractivity contribution >= 4 is 16.6 Å².